The quantitative estimate of drug-likeness (QED) is 0.470. The van der Waals surface area contributed by atoms with Gasteiger partial charge in [0.2, 0.25) is 0 Å². The van der Waals surface area contributed by atoms with Crippen LogP contribution in [0.5, 0.6) is 5.75 Å². The summed E-state index contributed by atoms with van der Waals surface area (Å²) in [5.41, 5.74) is 1.34. The third-order valence-corrected chi connectivity index (χ3v) is 6.05. The third-order valence-electron chi connectivity index (χ3n) is 5.83. The highest BCUT2D eigenvalue weighted by atomic mass is 35.5. The summed E-state index contributed by atoms with van der Waals surface area (Å²) in [4.78, 5) is 18.9. The van der Waals surface area contributed by atoms with Crippen molar-refractivity contribution in [3.63, 3.8) is 0 Å². The largest absolute Gasteiger partial charge is 0.494 e. The highest BCUT2D eigenvalue weighted by molar-refractivity contribution is 6.30. The Bertz CT molecular complexity index is 870. The van der Waals surface area contributed by atoms with Crippen molar-refractivity contribution in [2.45, 2.75) is 38.7 Å². The minimum absolute atomic E-state index is 0.0160. The van der Waals surface area contributed by atoms with Gasteiger partial charge < -0.3 is 25.2 Å². The lowest BCUT2D eigenvalue weighted by Gasteiger charge is -2.32. The van der Waals surface area contributed by atoms with Crippen molar-refractivity contribution < 1.29 is 19.7 Å². The van der Waals surface area contributed by atoms with E-state index in [1.807, 2.05) is 25.1 Å². The van der Waals surface area contributed by atoms with Crippen molar-refractivity contribution in [2.24, 2.45) is 5.92 Å². The Balaban J connectivity index is 1.36. The molecule has 1 aliphatic rings. The van der Waals surface area contributed by atoms with Crippen LogP contribution in [0.3, 0.4) is 0 Å². The van der Waals surface area contributed by atoms with Crippen LogP contribution in [0.1, 0.15) is 41.6 Å². The fourth-order valence-electron chi connectivity index (χ4n) is 3.92. The van der Waals surface area contributed by atoms with E-state index in [-0.39, 0.29) is 19.1 Å². The second-order valence-corrected chi connectivity index (χ2v) is 8.72. The Morgan fingerprint density at radius 1 is 1.31 bits per heavy atom. The van der Waals surface area contributed by atoms with E-state index in [2.05, 4.69) is 15.2 Å². The average molecular weight is 462 g/mol. The van der Waals surface area contributed by atoms with E-state index >= 15 is 0 Å². The SMILES string of the molecule is Cc1cc(OCCCC2CCN(c3ccc(Cl)cn3)CC2)ccc1C(=O)NC[C@@H](O)CO. The molecule has 2 heterocycles. The van der Waals surface area contributed by atoms with Gasteiger partial charge in [-0.25, -0.2) is 4.98 Å². The molecule has 1 amide bonds. The van der Waals surface area contributed by atoms with Crippen molar-refractivity contribution in [3.8, 4) is 5.75 Å². The van der Waals surface area contributed by atoms with Gasteiger partial charge in [0.15, 0.2) is 0 Å². The molecule has 0 aliphatic carbocycles. The average Bonchev–Trinajstić information content (AvgIpc) is 2.81. The number of rotatable bonds is 10. The number of piperidine rings is 1. The van der Waals surface area contributed by atoms with Gasteiger partial charge in [-0.3, -0.25) is 4.79 Å². The molecule has 0 bridgehead atoms. The standard InChI is InChI=1S/C24H32ClN3O4/c1-17-13-21(5-6-22(17)24(31)27-15-20(30)16-29)32-12-2-3-18-8-10-28(11-9-18)23-7-4-19(25)14-26-23/h4-7,13-14,18,20,29-30H,2-3,8-12,15-16H2,1H3,(H,27,31)/t20-/m1/s1. The predicted molar refractivity (Wildman–Crippen MR) is 126 cm³/mol. The molecular weight excluding hydrogens is 430 g/mol. The number of anilines is 1. The lowest BCUT2D eigenvalue weighted by Crippen LogP contribution is -2.34. The van der Waals surface area contributed by atoms with Crippen LogP contribution in [-0.4, -0.2) is 60.1 Å². The summed E-state index contributed by atoms with van der Waals surface area (Å²) >= 11 is 5.92. The van der Waals surface area contributed by atoms with Gasteiger partial charge in [-0.05, 0) is 74.4 Å². The first-order valence-electron chi connectivity index (χ1n) is 11.1. The summed E-state index contributed by atoms with van der Waals surface area (Å²) in [5.74, 6) is 2.16. The molecule has 0 unspecified atom stereocenters. The number of amides is 1. The number of pyridine rings is 1. The van der Waals surface area contributed by atoms with E-state index in [0.717, 1.165) is 55.9 Å². The van der Waals surface area contributed by atoms with E-state index < -0.39 is 6.10 Å². The van der Waals surface area contributed by atoms with Crippen LogP contribution >= 0.6 is 11.6 Å². The number of carbonyl (C=O) groups excluding carboxylic acids is 1. The first kappa shape index (κ1) is 24.3. The van der Waals surface area contributed by atoms with Crippen molar-refractivity contribution >= 4 is 23.3 Å². The van der Waals surface area contributed by atoms with Crippen LogP contribution in [0.4, 0.5) is 5.82 Å². The van der Waals surface area contributed by atoms with Crippen LogP contribution in [0.25, 0.3) is 0 Å². The number of aliphatic hydroxyl groups excluding tert-OH is 2. The number of hydrogen-bond acceptors (Lipinski definition) is 6. The van der Waals surface area contributed by atoms with Crippen LogP contribution in [-0.2, 0) is 0 Å². The third kappa shape index (κ3) is 7.08. The minimum atomic E-state index is -0.955. The Kier molecular flexibility index (Phi) is 9.14. The van der Waals surface area contributed by atoms with E-state index in [1.165, 1.54) is 0 Å². The number of hydrogen-bond donors (Lipinski definition) is 3. The summed E-state index contributed by atoms with van der Waals surface area (Å²) in [7, 11) is 0. The monoisotopic (exact) mass is 461 g/mol. The highest BCUT2D eigenvalue weighted by Crippen LogP contribution is 2.26. The first-order valence-corrected chi connectivity index (χ1v) is 11.5. The molecule has 174 valence electrons. The van der Waals surface area contributed by atoms with Gasteiger partial charge in [0.25, 0.3) is 5.91 Å². The molecule has 1 aromatic heterocycles. The molecular formula is C24H32ClN3O4. The fourth-order valence-corrected chi connectivity index (χ4v) is 4.03. The molecule has 32 heavy (non-hydrogen) atoms. The topological polar surface area (TPSA) is 94.9 Å². The molecule has 7 nitrogen and oxygen atoms in total. The first-order chi connectivity index (χ1) is 15.5. The molecule has 2 aromatic rings. The number of aliphatic hydroxyl groups is 2. The number of halogens is 1. The zero-order valence-corrected chi connectivity index (χ0v) is 19.2. The Labute approximate surface area is 194 Å². The van der Waals surface area contributed by atoms with E-state index in [4.69, 9.17) is 21.4 Å². The zero-order chi connectivity index (χ0) is 22.9. The van der Waals surface area contributed by atoms with E-state index in [1.54, 1.807) is 18.3 Å². The van der Waals surface area contributed by atoms with Crippen LogP contribution in [0.2, 0.25) is 5.02 Å². The molecule has 0 spiro atoms. The fraction of sp³-hybridized carbons (Fsp3) is 0.500. The number of nitrogens with zero attached hydrogens (tertiary/aromatic N) is 2. The number of nitrogens with one attached hydrogen (secondary N) is 1. The second-order valence-electron chi connectivity index (χ2n) is 8.28. The molecule has 8 heteroatoms. The van der Waals surface area contributed by atoms with Gasteiger partial charge >= 0.3 is 0 Å². The maximum atomic E-state index is 12.2. The maximum absolute atomic E-state index is 12.2. The Morgan fingerprint density at radius 3 is 2.75 bits per heavy atom. The van der Waals surface area contributed by atoms with Gasteiger partial charge in [-0.2, -0.15) is 0 Å². The number of carbonyl (C=O) groups is 1. The molecule has 1 atom stereocenters. The summed E-state index contributed by atoms with van der Waals surface area (Å²) in [6.45, 7) is 4.16. The molecule has 0 radical (unpaired) electrons. The van der Waals surface area contributed by atoms with Crippen molar-refractivity contribution in [2.75, 3.05) is 37.7 Å². The highest BCUT2D eigenvalue weighted by Gasteiger charge is 2.20. The summed E-state index contributed by atoms with van der Waals surface area (Å²) in [6, 6.07) is 9.24. The van der Waals surface area contributed by atoms with E-state index in [9.17, 15) is 9.90 Å². The molecule has 0 saturated carbocycles. The number of aryl methyl sites for hydroxylation is 1. The molecule has 1 aliphatic heterocycles. The summed E-state index contributed by atoms with van der Waals surface area (Å²) < 4.78 is 5.89. The van der Waals surface area contributed by atoms with Crippen LogP contribution < -0.4 is 15.0 Å². The maximum Gasteiger partial charge on any atom is 0.251 e. The minimum Gasteiger partial charge on any atom is -0.494 e. The number of benzene rings is 1. The van der Waals surface area contributed by atoms with Gasteiger partial charge in [0.05, 0.1) is 24.3 Å². The molecule has 3 rings (SSSR count). The van der Waals surface area contributed by atoms with Crippen LogP contribution in [0.15, 0.2) is 36.5 Å². The lowest BCUT2D eigenvalue weighted by atomic mass is 9.92. The Morgan fingerprint density at radius 2 is 2.09 bits per heavy atom. The smallest absolute Gasteiger partial charge is 0.251 e. The van der Waals surface area contributed by atoms with Crippen molar-refractivity contribution in [1.82, 2.24) is 10.3 Å². The van der Waals surface area contributed by atoms with Gasteiger partial charge in [-0.15, -0.1) is 0 Å². The molecule has 1 fully saturated rings. The second kappa shape index (κ2) is 12.0. The van der Waals surface area contributed by atoms with Gasteiger partial charge in [0, 0.05) is 31.4 Å². The van der Waals surface area contributed by atoms with Crippen molar-refractivity contribution in [3.05, 3.63) is 52.7 Å². The van der Waals surface area contributed by atoms with Crippen LogP contribution in [0, 0.1) is 12.8 Å². The van der Waals surface area contributed by atoms with Gasteiger partial charge in [0.1, 0.15) is 11.6 Å². The van der Waals surface area contributed by atoms with E-state index in [0.29, 0.717) is 23.1 Å². The lowest BCUT2D eigenvalue weighted by molar-refractivity contribution is 0.0801. The van der Waals surface area contributed by atoms with Gasteiger partial charge in [-0.1, -0.05) is 11.6 Å². The molecule has 1 saturated heterocycles. The molecule has 3 N–H and O–H groups in total. The number of ether oxygens (including phenoxy) is 1. The normalized spacial score (nSPS) is 15.4. The molecule has 1 aromatic carbocycles. The van der Waals surface area contributed by atoms with Crippen molar-refractivity contribution in [1.29, 1.82) is 0 Å². The summed E-state index contributed by atoms with van der Waals surface area (Å²) in [5, 5.41) is 21.5. The predicted octanol–water partition coefficient (Wildman–Crippen LogP) is 3.20. The summed E-state index contributed by atoms with van der Waals surface area (Å²) in [6.07, 6.45) is 5.17. The number of aromatic nitrogens is 1. The Hall–Kier alpha value is -2.35. The zero-order valence-electron chi connectivity index (χ0n) is 18.5.